The summed E-state index contributed by atoms with van der Waals surface area (Å²) in [5.41, 5.74) is 5.93. The molecule has 1 aliphatic heterocycles. The highest BCUT2D eigenvalue weighted by molar-refractivity contribution is 5.95. The Morgan fingerprint density at radius 2 is 2.00 bits per heavy atom. The van der Waals surface area contributed by atoms with E-state index in [1.54, 1.807) is 4.90 Å². The average molecular weight is 250 g/mol. The van der Waals surface area contributed by atoms with Crippen molar-refractivity contribution in [1.82, 2.24) is 4.90 Å². The number of benzene rings is 1. The molecular weight excluding hydrogens is 232 g/mol. The highest BCUT2D eigenvalue weighted by atomic mass is 16.3. The summed E-state index contributed by atoms with van der Waals surface area (Å²) in [5, 5.41) is 18.8. The third kappa shape index (κ3) is 2.41. The van der Waals surface area contributed by atoms with Gasteiger partial charge < -0.3 is 20.8 Å². The van der Waals surface area contributed by atoms with Crippen molar-refractivity contribution >= 4 is 5.91 Å². The van der Waals surface area contributed by atoms with Crippen molar-refractivity contribution in [3.63, 3.8) is 0 Å². The quantitative estimate of drug-likeness (QED) is 0.728. The van der Waals surface area contributed by atoms with Crippen molar-refractivity contribution in [2.24, 2.45) is 11.7 Å². The predicted octanol–water partition coefficient (Wildman–Crippen LogP) is 0.907. The van der Waals surface area contributed by atoms with Gasteiger partial charge in [0.05, 0.1) is 0 Å². The van der Waals surface area contributed by atoms with E-state index in [1.807, 2.05) is 6.92 Å². The Balaban J connectivity index is 2.21. The largest absolute Gasteiger partial charge is 0.508 e. The first kappa shape index (κ1) is 12.7. The molecule has 98 valence electrons. The van der Waals surface area contributed by atoms with Crippen molar-refractivity contribution in [2.75, 3.05) is 13.1 Å². The molecule has 0 radical (unpaired) electrons. The number of hydrogen-bond acceptors (Lipinski definition) is 4. The fourth-order valence-corrected chi connectivity index (χ4v) is 2.48. The maximum Gasteiger partial charge on any atom is 0.254 e. The predicted molar refractivity (Wildman–Crippen MR) is 67.4 cm³/mol. The molecule has 2 atom stereocenters. The van der Waals surface area contributed by atoms with Crippen LogP contribution >= 0.6 is 0 Å². The van der Waals surface area contributed by atoms with Crippen LogP contribution in [0.4, 0.5) is 0 Å². The summed E-state index contributed by atoms with van der Waals surface area (Å²) in [7, 11) is 0. The molecule has 18 heavy (non-hydrogen) atoms. The van der Waals surface area contributed by atoms with Crippen LogP contribution in [0.3, 0.4) is 0 Å². The molecule has 0 saturated carbocycles. The molecule has 1 aromatic carbocycles. The van der Waals surface area contributed by atoms with E-state index in [2.05, 4.69) is 0 Å². The third-order valence-electron chi connectivity index (χ3n) is 3.41. The molecule has 0 spiro atoms. The Morgan fingerprint density at radius 1 is 1.39 bits per heavy atom. The van der Waals surface area contributed by atoms with Crippen molar-refractivity contribution in [3.8, 4) is 11.5 Å². The molecule has 1 aromatic rings. The Bertz CT molecular complexity index is 441. The molecule has 5 nitrogen and oxygen atoms in total. The molecule has 1 fully saturated rings. The molecule has 2 unspecified atom stereocenters. The van der Waals surface area contributed by atoms with Gasteiger partial charge in [0.1, 0.15) is 11.5 Å². The van der Waals surface area contributed by atoms with Gasteiger partial charge in [0.2, 0.25) is 0 Å². The number of hydrogen-bond donors (Lipinski definition) is 3. The van der Waals surface area contributed by atoms with Crippen LogP contribution in [0.1, 0.15) is 23.7 Å². The zero-order valence-corrected chi connectivity index (χ0v) is 10.3. The summed E-state index contributed by atoms with van der Waals surface area (Å²) < 4.78 is 0. The Labute approximate surface area is 106 Å². The second-order valence-corrected chi connectivity index (χ2v) is 4.88. The second-order valence-electron chi connectivity index (χ2n) is 4.88. The average Bonchev–Trinajstić information content (AvgIpc) is 2.68. The molecule has 0 bridgehead atoms. The molecular formula is C13H18N2O3. The molecule has 1 aliphatic rings. The van der Waals surface area contributed by atoms with Gasteiger partial charge in [-0.2, -0.15) is 0 Å². The van der Waals surface area contributed by atoms with Crippen LogP contribution in [0, 0.1) is 5.92 Å². The first-order valence-electron chi connectivity index (χ1n) is 6.05. The number of amides is 1. The first-order chi connectivity index (χ1) is 8.51. The monoisotopic (exact) mass is 250 g/mol. The molecule has 1 amide bonds. The normalized spacial score (nSPS) is 23.3. The lowest BCUT2D eigenvalue weighted by molar-refractivity contribution is 0.0742. The minimum Gasteiger partial charge on any atom is -0.508 e. The highest BCUT2D eigenvalue weighted by Gasteiger charge is 2.32. The molecule has 0 aromatic heterocycles. The molecule has 1 saturated heterocycles. The molecule has 0 aliphatic carbocycles. The molecule has 5 heteroatoms. The van der Waals surface area contributed by atoms with Crippen LogP contribution in [-0.4, -0.2) is 40.2 Å². The van der Waals surface area contributed by atoms with Crippen molar-refractivity contribution in [2.45, 2.75) is 19.4 Å². The smallest absolute Gasteiger partial charge is 0.254 e. The Hall–Kier alpha value is -1.75. The van der Waals surface area contributed by atoms with Crippen LogP contribution in [-0.2, 0) is 0 Å². The van der Waals surface area contributed by atoms with Gasteiger partial charge >= 0.3 is 0 Å². The summed E-state index contributed by atoms with van der Waals surface area (Å²) in [6.45, 7) is 3.18. The van der Waals surface area contributed by atoms with Gasteiger partial charge in [-0.1, -0.05) is 0 Å². The van der Waals surface area contributed by atoms with E-state index < -0.39 is 0 Å². The summed E-state index contributed by atoms with van der Waals surface area (Å²) in [5.74, 6) is -0.0688. The lowest BCUT2D eigenvalue weighted by atomic mass is 10.1. The van der Waals surface area contributed by atoms with Gasteiger partial charge in [-0.25, -0.2) is 0 Å². The van der Waals surface area contributed by atoms with Gasteiger partial charge in [-0.3, -0.25) is 4.79 Å². The fourth-order valence-electron chi connectivity index (χ4n) is 2.48. The minimum absolute atomic E-state index is 0.111. The second kappa shape index (κ2) is 4.86. The van der Waals surface area contributed by atoms with Gasteiger partial charge in [0.25, 0.3) is 5.91 Å². The van der Waals surface area contributed by atoms with Crippen molar-refractivity contribution in [1.29, 1.82) is 0 Å². The number of nitrogens with zero attached hydrogens (tertiary/aromatic N) is 1. The lowest BCUT2D eigenvalue weighted by Gasteiger charge is -2.21. The van der Waals surface area contributed by atoms with E-state index in [0.717, 1.165) is 6.42 Å². The standard InChI is InChI=1S/C13H18N2O3/c1-8-2-9(6-14)7-15(8)13(18)10-3-11(16)5-12(17)4-10/h3-5,8-9,16-17H,2,6-7,14H2,1H3. The maximum absolute atomic E-state index is 12.3. The lowest BCUT2D eigenvalue weighted by Crippen LogP contribution is -2.34. The van der Waals surface area contributed by atoms with Gasteiger partial charge in [-0.05, 0) is 37.9 Å². The van der Waals surface area contributed by atoms with Crippen LogP contribution in [0.5, 0.6) is 11.5 Å². The number of nitrogens with two attached hydrogens (primary N) is 1. The van der Waals surface area contributed by atoms with Gasteiger partial charge in [0, 0.05) is 24.2 Å². The summed E-state index contributed by atoms with van der Waals surface area (Å²) in [6.07, 6.45) is 0.896. The van der Waals surface area contributed by atoms with Crippen molar-refractivity contribution in [3.05, 3.63) is 23.8 Å². The Kier molecular flexibility index (Phi) is 3.43. The Morgan fingerprint density at radius 3 is 2.50 bits per heavy atom. The number of likely N-dealkylation sites (tertiary alicyclic amines) is 1. The minimum atomic E-state index is -0.176. The number of rotatable bonds is 2. The van der Waals surface area contributed by atoms with Gasteiger partial charge in [-0.15, -0.1) is 0 Å². The summed E-state index contributed by atoms with van der Waals surface area (Å²) >= 11 is 0. The van der Waals surface area contributed by atoms with E-state index in [4.69, 9.17) is 5.73 Å². The third-order valence-corrected chi connectivity index (χ3v) is 3.41. The number of phenols is 2. The topological polar surface area (TPSA) is 86.8 Å². The van der Waals surface area contributed by atoms with E-state index in [-0.39, 0.29) is 23.4 Å². The first-order valence-corrected chi connectivity index (χ1v) is 6.05. The van der Waals surface area contributed by atoms with Crippen LogP contribution in [0.25, 0.3) is 0 Å². The fraction of sp³-hybridized carbons (Fsp3) is 0.462. The zero-order chi connectivity index (χ0) is 13.3. The number of aromatic hydroxyl groups is 2. The SMILES string of the molecule is CC1CC(CN)CN1C(=O)c1cc(O)cc(O)c1. The van der Waals surface area contributed by atoms with E-state index in [9.17, 15) is 15.0 Å². The van der Waals surface area contributed by atoms with Crippen LogP contribution < -0.4 is 5.73 Å². The van der Waals surface area contributed by atoms with Crippen molar-refractivity contribution < 1.29 is 15.0 Å². The van der Waals surface area contributed by atoms with E-state index >= 15 is 0 Å². The number of phenolic OH excluding ortho intramolecular Hbond substituents is 2. The van der Waals surface area contributed by atoms with Crippen LogP contribution in [0.15, 0.2) is 18.2 Å². The van der Waals surface area contributed by atoms with E-state index in [1.165, 1.54) is 18.2 Å². The van der Waals surface area contributed by atoms with E-state index in [0.29, 0.717) is 24.6 Å². The molecule has 4 N–H and O–H groups in total. The summed E-state index contributed by atoms with van der Waals surface area (Å²) in [6, 6.07) is 4.07. The molecule has 2 rings (SSSR count). The summed E-state index contributed by atoms with van der Waals surface area (Å²) in [4.78, 5) is 14.0. The maximum atomic E-state index is 12.3. The van der Waals surface area contributed by atoms with Crippen LogP contribution in [0.2, 0.25) is 0 Å². The molecule has 1 heterocycles. The highest BCUT2D eigenvalue weighted by Crippen LogP contribution is 2.27. The number of carbonyl (C=O) groups excluding carboxylic acids is 1. The number of carbonyl (C=O) groups is 1. The van der Waals surface area contributed by atoms with Gasteiger partial charge in [0.15, 0.2) is 0 Å². The zero-order valence-electron chi connectivity index (χ0n) is 10.3.